The van der Waals surface area contributed by atoms with Gasteiger partial charge in [0.1, 0.15) is 5.82 Å². The van der Waals surface area contributed by atoms with Gasteiger partial charge in [-0.3, -0.25) is 9.48 Å². The summed E-state index contributed by atoms with van der Waals surface area (Å²) in [5, 5.41) is 7.94. The fourth-order valence-electron chi connectivity index (χ4n) is 1.25. The Morgan fingerprint density at radius 3 is 2.93 bits per heavy atom. The van der Waals surface area contributed by atoms with Crippen molar-refractivity contribution in [3.63, 3.8) is 0 Å². The number of nitrogens with zero attached hydrogens (tertiary/aromatic N) is 4. The molecule has 6 nitrogen and oxygen atoms in total. The number of nitrogens with two attached hydrogens (primary N) is 1. The molecule has 0 unspecified atom stereocenters. The first-order valence-corrected chi connectivity index (χ1v) is 4.57. The van der Waals surface area contributed by atoms with E-state index in [2.05, 4.69) is 10.2 Å². The summed E-state index contributed by atoms with van der Waals surface area (Å²) >= 11 is 0. The molecular weight excluding hydrogens is 194 g/mol. The van der Waals surface area contributed by atoms with Crippen LogP contribution in [0.5, 0.6) is 0 Å². The van der Waals surface area contributed by atoms with Gasteiger partial charge in [-0.15, -0.1) is 0 Å². The third-order valence-electron chi connectivity index (χ3n) is 1.99. The van der Waals surface area contributed by atoms with E-state index < -0.39 is 0 Å². The van der Waals surface area contributed by atoms with E-state index in [1.54, 1.807) is 10.9 Å². The number of nitrogen functional groups attached to an aromatic ring is 1. The number of hydrogen-bond acceptors (Lipinski definition) is 4. The van der Waals surface area contributed by atoms with Crippen molar-refractivity contribution >= 4 is 5.82 Å². The molecule has 15 heavy (non-hydrogen) atoms. The molecule has 0 saturated carbocycles. The molecule has 2 N–H and O–H groups in total. The van der Waals surface area contributed by atoms with Gasteiger partial charge in [0.25, 0.3) is 5.56 Å². The molecule has 2 aromatic rings. The Kier molecular flexibility index (Phi) is 2.49. The van der Waals surface area contributed by atoms with Crippen molar-refractivity contribution in [3.8, 4) is 0 Å². The van der Waals surface area contributed by atoms with Crippen LogP contribution >= 0.6 is 0 Å². The molecule has 2 aromatic heterocycles. The van der Waals surface area contributed by atoms with Crippen LogP contribution in [0.15, 0.2) is 35.4 Å². The second kappa shape index (κ2) is 3.95. The molecule has 2 rings (SSSR count). The third-order valence-corrected chi connectivity index (χ3v) is 1.99. The average molecular weight is 205 g/mol. The van der Waals surface area contributed by atoms with Crippen LogP contribution in [0.2, 0.25) is 0 Å². The fraction of sp³-hybridized carbons (Fsp3) is 0.222. The Bertz CT molecular complexity index is 487. The zero-order valence-electron chi connectivity index (χ0n) is 8.08. The molecule has 6 heteroatoms. The van der Waals surface area contributed by atoms with Gasteiger partial charge in [0.15, 0.2) is 0 Å². The second-order valence-electron chi connectivity index (χ2n) is 3.09. The maximum absolute atomic E-state index is 11.3. The fourth-order valence-corrected chi connectivity index (χ4v) is 1.25. The number of aryl methyl sites for hydroxylation is 2. The zero-order valence-corrected chi connectivity index (χ0v) is 8.08. The minimum atomic E-state index is -0.156. The van der Waals surface area contributed by atoms with E-state index in [9.17, 15) is 4.79 Å². The van der Waals surface area contributed by atoms with Gasteiger partial charge in [-0.1, -0.05) is 0 Å². The van der Waals surface area contributed by atoms with Crippen molar-refractivity contribution in [2.45, 2.75) is 13.1 Å². The summed E-state index contributed by atoms with van der Waals surface area (Å²) < 4.78 is 3.06. The lowest BCUT2D eigenvalue weighted by Crippen LogP contribution is -2.24. The van der Waals surface area contributed by atoms with E-state index in [1.165, 1.54) is 16.8 Å². The van der Waals surface area contributed by atoms with Gasteiger partial charge in [-0.25, -0.2) is 4.68 Å². The lowest BCUT2D eigenvalue weighted by atomic mass is 10.5. The predicted molar refractivity (Wildman–Crippen MR) is 55.1 cm³/mol. The standard InChI is InChI=1S/C9H11N5O/c10-8-2-3-9(15)14(12-8)7-6-13-5-1-4-11-13/h1-5H,6-7H2,(H2,10,12). The Hall–Kier alpha value is -2.11. The third kappa shape index (κ3) is 2.22. The van der Waals surface area contributed by atoms with Crippen molar-refractivity contribution < 1.29 is 0 Å². The highest BCUT2D eigenvalue weighted by Crippen LogP contribution is 1.91. The SMILES string of the molecule is Nc1ccc(=O)n(CCn2cccn2)n1. The van der Waals surface area contributed by atoms with Crippen LogP contribution in [0.1, 0.15) is 0 Å². The van der Waals surface area contributed by atoms with Gasteiger partial charge in [-0.05, 0) is 12.1 Å². The van der Waals surface area contributed by atoms with E-state index in [1.807, 2.05) is 12.3 Å². The highest BCUT2D eigenvalue weighted by Gasteiger charge is 1.98. The van der Waals surface area contributed by atoms with Crippen LogP contribution in [0.3, 0.4) is 0 Å². The highest BCUT2D eigenvalue weighted by molar-refractivity contribution is 5.23. The molecule has 0 aliphatic heterocycles. The maximum Gasteiger partial charge on any atom is 0.266 e. The van der Waals surface area contributed by atoms with Crippen LogP contribution in [0.25, 0.3) is 0 Å². The summed E-state index contributed by atoms with van der Waals surface area (Å²) in [5.74, 6) is 0.343. The van der Waals surface area contributed by atoms with Crippen LogP contribution < -0.4 is 11.3 Å². The number of hydrogen-bond donors (Lipinski definition) is 1. The zero-order chi connectivity index (χ0) is 10.7. The maximum atomic E-state index is 11.3. The molecule has 0 aromatic carbocycles. The van der Waals surface area contributed by atoms with Crippen molar-refractivity contribution in [2.24, 2.45) is 0 Å². The van der Waals surface area contributed by atoms with Crippen LogP contribution in [-0.4, -0.2) is 19.6 Å². The number of rotatable bonds is 3. The molecule has 0 atom stereocenters. The highest BCUT2D eigenvalue weighted by atomic mass is 16.1. The van der Waals surface area contributed by atoms with Crippen molar-refractivity contribution in [2.75, 3.05) is 5.73 Å². The van der Waals surface area contributed by atoms with Crippen LogP contribution in [-0.2, 0) is 13.1 Å². The molecule has 0 aliphatic rings. The molecule has 2 heterocycles. The summed E-state index contributed by atoms with van der Waals surface area (Å²) in [6.45, 7) is 1.06. The van der Waals surface area contributed by atoms with E-state index in [4.69, 9.17) is 5.73 Å². The van der Waals surface area contributed by atoms with Gasteiger partial charge in [0, 0.05) is 18.5 Å². The summed E-state index contributed by atoms with van der Waals surface area (Å²) in [5.41, 5.74) is 5.33. The van der Waals surface area contributed by atoms with E-state index in [0.29, 0.717) is 18.9 Å². The van der Waals surface area contributed by atoms with Crippen LogP contribution in [0, 0.1) is 0 Å². The molecule has 0 spiro atoms. The smallest absolute Gasteiger partial charge is 0.266 e. The summed E-state index contributed by atoms with van der Waals surface area (Å²) in [4.78, 5) is 11.3. The molecular formula is C9H11N5O. The first kappa shape index (κ1) is 9.45. The summed E-state index contributed by atoms with van der Waals surface area (Å²) in [7, 11) is 0. The van der Waals surface area contributed by atoms with Gasteiger partial charge in [0.2, 0.25) is 0 Å². The monoisotopic (exact) mass is 205 g/mol. The normalized spacial score (nSPS) is 10.4. The lowest BCUT2D eigenvalue weighted by molar-refractivity contribution is 0.484. The minimum Gasteiger partial charge on any atom is -0.382 e. The molecule has 0 radical (unpaired) electrons. The molecule has 0 fully saturated rings. The molecule has 0 aliphatic carbocycles. The summed E-state index contributed by atoms with van der Waals surface area (Å²) in [6.07, 6.45) is 3.52. The van der Waals surface area contributed by atoms with E-state index in [0.717, 1.165) is 0 Å². The van der Waals surface area contributed by atoms with E-state index >= 15 is 0 Å². The Morgan fingerprint density at radius 1 is 1.33 bits per heavy atom. The number of aromatic nitrogens is 4. The number of anilines is 1. The predicted octanol–water partition coefficient (Wildman–Crippen LogP) is -0.278. The van der Waals surface area contributed by atoms with Crippen molar-refractivity contribution in [1.29, 1.82) is 0 Å². The minimum absolute atomic E-state index is 0.156. The van der Waals surface area contributed by atoms with Crippen LogP contribution in [0.4, 0.5) is 5.82 Å². The van der Waals surface area contributed by atoms with Gasteiger partial charge in [0.05, 0.1) is 13.1 Å². The summed E-state index contributed by atoms with van der Waals surface area (Å²) in [6, 6.07) is 4.73. The van der Waals surface area contributed by atoms with Crippen molar-refractivity contribution in [3.05, 3.63) is 40.9 Å². The lowest BCUT2D eigenvalue weighted by Gasteiger charge is -2.04. The van der Waals surface area contributed by atoms with E-state index in [-0.39, 0.29) is 5.56 Å². The molecule has 0 amide bonds. The quantitative estimate of drug-likeness (QED) is 0.747. The molecule has 78 valence electrons. The Labute approximate surface area is 85.9 Å². The topological polar surface area (TPSA) is 78.7 Å². The van der Waals surface area contributed by atoms with Gasteiger partial charge in [-0.2, -0.15) is 10.2 Å². The van der Waals surface area contributed by atoms with Gasteiger partial charge >= 0.3 is 0 Å². The molecule has 0 saturated heterocycles. The first-order chi connectivity index (χ1) is 7.25. The Morgan fingerprint density at radius 2 is 2.20 bits per heavy atom. The molecule has 0 bridgehead atoms. The Balaban J connectivity index is 2.11. The van der Waals surface area contributed by atoms with Crippen molar-refractivity contribution in [1.82, 2.24) is 19.6 Å². The largest absolute Gasteiger partial charge is 0.382 e. The average Bonchev–Trinajstić information content (AvgIpc) is 2.72. The second-order valence-corrected chi connectivity index (χ2v) is 3.09. The van der Waals surface area contributed by atoms with Gasteiger partial charge < -0.3 is 5.73 Å². The first-order valence-electron chi connectivity index (χ1n) is 4.57.